The zero-order valence-corrected chi connectivity index (χ0v) is 17.8. The lowest BCUT2D eigenvalue weighted by atomic mass is 10.1. The molecule has 8 nitrogen and oxygen atoms in total. The molecule has 0 bridgehead atoms. The summed E-state index contributed by atoms with van der Waals surface area (Å²) in [6, 6.07) is 9.77. The van der Waals surface area contributed by atoms with Gasteiger partial charge in [0.25, 0.3) is 5.91 Å². The Morgan fingerprint density at radius 3 is 2.31 bits per heavy atom. The van der Waals surface area contributed by atoms with E-state index in [1.807, 2.05) is 13.8 Å². The summed E-state index contributed by atoms with van der Waals surface area (Å²) in [5.74, 6) is -3.23. The SMILES string of the molecule is C[C@@H]1CN(C(=O)COc2ccc(C(=O)O)cc2C(=O)O)[C@@H](C)CN1Cc1ccc(F)cc1. The number of carbonyl (C=O) groups excluding carboxylic acids is 1. The van der Waals surface area contributed by atoms with Crippen LogP contribution in [-0.2, 0) is 11.3 Å². The molecule has 0 aliphatic carbocycles. The predicted octanol–water partition coefficient (Wildman–Crippen LogP) is 2.72. The molecule has 170 valence electrons. The summed E-state index contributed by atoms with van der Waals surface area (Å²) < 4.78 is 18.6. The monoisotopic (exact) mass is 444 g/mol. The smallest absolute Gasteiger partial charge is 0.339 e. The average molecular weight is 444 g/mol. The van der Waals surface area contributed by atoms with Gasteiger partial charge in [-0.2, -0.15) is 0 Å². The number of hydrogen-bond acceptors (Lipinski definition) is 5. The van der Waals surface area contributed by atoms with Gasteiger partial charge in [0.05, 0.1) is 5.56 Å². The Hall–Kier alpha value is -3.46. The summed E-state index contributed by atoms with van der Waals surface area (Å²) in [5.41, 5.74) is 0.489. The lowest BCUT2D eigenvalue weighted by molar-refractivity contribution is -0.139. The number of carbonyl (C=O) groups is 3. The molecule has 2 N–H and O–H groups in total. The number of amides is 1. The van der Waals surface area contributed by atoms with Crippen LogP contribution in [-0.4, -0.2) is 69.6 Å². The van der Waals surface area contributed by atoms with Gasteiger partial charge in [-0.05, 0) is 49.7 Å². The molecule has 2 aromatic carbocycles. The average Bonchev–Trinajstić information content (AvgIpc) is 2.75. The summed E-state index contributed by atoms with van der Waals surface area (Å²) in [6.07, 6.45) is 0. The standard InChI is InChI=1S/C23H25FN2O6/c1-14-11-26(15(2)10-25(14)12-16-3-6-18(24)7-4-16)21(27)13-32-20-8-5-17(22(28)29)9-19(20)23(30)31/h3-9,14-15H,10-13H2,1-2H3,(H,28,29)(H,30,31)/t14-,15+/m1/s1. The van der Waals surface area contributed by atoms with Gasteiger partial charge in [-0.25, -0.2) is 14.0 Å². The minimum absolute atomic E-state index is 0.0598. The highest BCUT2D eigenvalue weighted by molar-refractivity contribution is 5.96. The molecule has 1 fully saturated rings. The summed E-state index contributed by atoms with van der Waals surface area (Å²) in [6.45, 7) is 5.30. The van der Waals surface area contributed by atoms with E-state index in [1.165, 1.54) is 24.3 Å². The molecule has 0 radical (unpaired) electrons. The van der Waals surface area contributed by atoms with Gasteiger partial charge in [0.2, 0.25) is 0 Å². The Morgan fingerprint density at radius 1 is 1.00 bits per heavy atom. The van der Waals surface area contributed by atoms with Crippen LogP contribution in [0.1, 0.15) is 40.1 Å². The first-order valence-corrected chi connectivity index (χ1v) is 10.2. The van der Waals surface area contributed by atoms with E-state index in [1.54, 1.807) is 17.0 Å². The van der Waals surface area contributed by atoms with Crippen LogP contribution in [0.5, 0.6) is 5.75 Å². The fourth-order valence-corrected chi connectivity index (χ4v) is 3.77. The molecule has 1 aliphatic heterocycles. The van der Waals surface area contributed by atoms with Crippen LogP contribution < -0.4 is 4.74 Å². The van der Waals surface area contributed by atoms with E-state index >= 15 is 0 Å². The van der Waals surface area contributed by atoms with Crippen LogP contribution in [0.2, 0.25) is 0 Å². The maximum atomic E-state index is 13.1. The summed E-state index contributed by atoms with van der Waals surface area (Å²) >= 11 is 0. The van der Waals surface area contributed by atoms with Gasteiger partial charge in [0, 0.05) is 31.7 Å². The summed E-state index contributed by atoms with van der Waals surface area (Å²) in [5, 5.41) is 18.4. The van der Waals surface area contributed by atoms with E-state index in [0.29, 0.717) is 19.6 Å². The van der Waals surface area contributed by atoms with Crippen molar-refractivity contribution in [2.75, 3.05) is 19.7 Å². The Kier molecular flexibility index (Phi) is 7.09. The highest BCUT2D eigenvalue weighted by atomic mass is 19.1. The van der Waals surface area contributed by atoms with Gasteiger partial charge < -0.3 is 19.8 Å². The Balaban J connectivity index is 1.62. The third-order valence-corrected chi connectivity index (χ3v) is 5.54. The molecule has 1 saturated heterocycles. The second kappa shape index (κ2) is 9.78. The first-order chi connectivity index (χ1) is 15.2. The zero-order chi connectivity index (χ0) is 23.4. The van der Waals surface area contributed by atoms with Gasteiger partial charge in [-0.1, -0.05) is 12.1 Å². The van der Waals surface area contributed by atoms with Crippen molar-refractivity contribution >= 4 is 17.8 Å². The van der Waals surface area contributed by atoms with Crippen molar-refractivity contribution in [3.05, 3.63) is 65.0 Å². The second-order valence-corrected chi connectivity index (χ2v) is 7.91. The minimum atomic E-state index is -1.34. The number of carboxylic acid groups (broad SMARTS) is 2. The van der Waals surface area contributed by atoms with Crippen molar-refractivity contribution in [1.82, 2.24) is 9.80 Å². The lowest BCUT2D eigenvalue weighted by Gasteiger charge is -2.44. The second-order valence-electron chi connectivity index (χ2n) is 7.91. The molecule has 1 aliphatic rings. The van der Waals surface area contributed by atoms with E-state index in [2.05, 4.69) is 4.90 Å². The van der Waals surface area contributed by atoms with E-state index in [9.17, 15) is 23.9 Å². The van der Waals surface area contributed by atoms with E-state index < -0.39 is 11.9 Å². The van der Waals surface area contributed by atoms with Crippen molar-refractivity contribution in [3.8, 4) is 5.75 Å². The summed E-state index contributed by atoms with van der Waals surface area (Å²) in [7, 11) is 0. The van der Waals surface area contributed by atoms with Crippen LogP contribution in [0.15, 0.2) is 42.5 Å². The molecule has 9 heteroatoms. The number of aromatic carboxylic acids is 2. The largest absolute Gasteiger partial charge is 0.483 e. The maximum absolute atomic E-state index is 13.1. The van der Waals surface area contributed by atoms with E-state index in [0.717, 1.165) is 11.6 Å². The molecule has 32 heavy (non-hydrogen) atoms. The third kappa shape index (κ3) is 5.42. The van der Waals surface area contributed by atoms with E-state index in [-0.39, 0.29) is 47.3 Å². The van der Waals surface area contributed by atoms with Gasteiger partial charge in [0.1, 0.15) is 17.1 Å². The molecule has 2 aromatic rings. The van der Waals surface area contributed by atoms with Gasteiger partial charge in [0.15, 0.2) is 6.61 Å². The quantitative estimate of drug-likeness (QED) is 0.676. The molecule has 0 spiro atoms. The number of halogens is 1. The van der Waals surface area contributed by atoms with Crippen LogP contribution >= 0.6 is 0 Å². The molecule has 0 aromatic heterocycles. The number of piperazine rings is 1. The van der Waals surface area contributed by atoms with Crippen LogP contribution in [0.25, 0.3) is 0 Å². The maximum Gasteiger partial charge on any atom is 0.339 e. The minimum Gasteiger partial charge on any atom is -0.483 e. The molecule has 2 atom stereocenters. The molecule has 1 heterocycles. The van der Waals surface area contributed by atoms with Crippen LogP contribution in [0.4, 0.5) is 4.39 Å². The highest BCUT2D eigenvalue weighted by Crippen LogP contribution is 2.22. The Labute approximate surface area is 184 Å². The molecule has 0 unspecified atom stereocenters. The number of carboxylic acids is 2. The lowest BCUT2D eigenvalue weighted by Crippen LogP contribution is -2.58. The fraction of sp³-hybridized carbons (Fsp3) is 0.348. The van der Waals surface area contributed by atoms with Gasteiger partial charge >= 0.3 is 11.9 Å². The predicted molar refractivity (Wildman–Crippen MR) is 113 cm³/mol. The Morgan fingerprint density at radius 2 is 1.69 bits per heavy atom. The van der Waals surface area contributed by atoms with E-state index in [4.69, 9.17) is 9.84 Å². The molecule has 3 rings (SSSR count). The molecular formula is C23H25FN2O6. The third-order valence-electron chi connectivity index (χ3n) is 5.54. The topological polar surface area (TPSA) is 107 Å². The number of nitrogens with zero attached hydrogens (tertiary/aromatic N) is 2. The van der Waals surface area contributed by atoms with Crippen molar-refractivity contribution < 1.29 is 33.7 Å². The molecule has 0 saturated carbocycles. The van der Waals surface area contributed by atoms with Crippen molar-refractivity contribution in [3.63, 3.8) is 0 Å². The molecule has 1 amide bonds. The number of hydrogen-bond donors (Lipinski definition) is 2. The van der Waals surface area contributed by atoms with Crippen molar-refractivity contribution in [2.24, 2.45) is 0 Å². The normalized spacial score (nSPS) is 18.9. The molecular weight excluding hydrogens is 419 g/mol. The fourth-order valence-electron chi connectivity index (χ4n) is 3.77. The van der Waals surface area contributed by atoms with Crippen LogP contribution in [0, 0.1) is 5.82 Å². The number of rotatable bonds is 7. The summed E-state index contributed by atoms with van der Waals surface area (Å²) in [4.78, 5) is 39.2. The van der Waals surface area contributed by atoms with Gasteiger partial charge in [-0.3, -0.25) is 9.69 Å². The van der Waals surface area contributed by atoms with Gasteiger partial charge in [-0.15, -0.1) is 0 Å². The van der Waals surface area contributed by atoms with Crippen molar-refractivity contribution in [2.45, 2.75) is 32.5 Å². The number of ether oxygens (including phenoxy) is 1. The zero-order valence-electron chi connectivity index (χ0n) is 17.8. The first kappa shape index (κ1) is 23.2. The first-order valence-electron chi connectivity index (χ1n) is 10.2. The van der Waals surface area contributed by atoms with Crippen molar-refractivity contribution in [1.29, 1.82) is 0 Å². The highest BCUT2D eigenvalue weighted by Gasteiger charge is 2.32. The van der Waals surface area contributed by atoms with Crippen LogP contribution in [0.3, 0.4) is 0 Å². The Bertz CT molecular complexity index is 1010. The number of benzene rings is 2.